The van der Waals surface area contributed by atoms with E-state index in [2.05, 4.69) is 35.6 Å². The van der Waals surface area contributed by atoms with E-state index >= 15 is 0 Å². The second-order valence-corrected chi connectivity index (χ2v) is 8.11. The Hall–Kier alpha value is -3.40. The van der Waals surface area contributed by atoms with Crippen molar-refractivity contribution in [3.8, 4) is 0 Å². The number of aromatic amines is 1. The number of hydrogen-bond acceptors (Lipinski definition) is 3. The molecule has 4 heteroatoms. The molecule has 0 aliphatic rings. The number of aliphatic hydroxyl groups excluding tert-OH is 1. The molecule has 0 bridgehead atoms. The van der Waals surface area contributed by atoms with E-state index in [1.807, 2.05) is 49.4 Å². The SMILES string of the molecule is C=Cc1cccc(C(O)=C(C(=O)C(C)CCC/C=C\CCC)c2nc3ccccc3[nH]2)c1. The Kier molecular flexibility index (Phi) is 8.20. The predicted octanol–water partition coefficient (Wildman–Crippen LogP) is 7.36. The van der Waals surface area contributed by atoms with Crippen molar-refractivity contribution in [2.45, 2.75) is 46.0 Å². The molecule has 4 nitrogen and oxygen atoms in total. The minimum atomic E-state index is -0.234. The quantitative estimate of drug-likeness (QED) is 0.145. The summed E-state index contributed by atoms with van der Waals surface area (Å²) in [6.45, 7) is 7.88. The topological polar surface area (TPSA) is 66.0 Å². The van der Waals surface area contributed by atoms with Crippen LogP contribution in [0.5, 0.6) is 0 Å². The van der Waals surface area contributed by atoms with Gasteiger partial charge in [-0.2, -0.15) is 0 Å². The van der Waals surface area contributed by atoms with Gasteiger partial charge in [-0.3, -0.25) is 4.79 Å². The highest BCUT2D eigenvalue weighted by Gasteiger charge is 2.26. The number of rotatable bonds is 11. The van der Waals surface area contributed by atoms with Crippen molar-refractivity contribution in [2.24, 2.45) is 5.92 Å². The number of H-pyrrole nitrogens is 1. The average Bonchev–Trinajstić information content (AvgIpc) is 3.24. The number of fused-ring (bicyclic) bond motifs is 1. The van der Waals surface area contributed by atoms with Crippen molar-refractivity contribution >= 4 is 34.2 Å². The van der Waals surface area contributed by atoms with E-state index in [1.165, 1.54) is 0 Å². The first-order valence-corrected chi connectivity index (χ1v) is 11.4. The third-order valence-electron chi connectivity index (χ3n) is 5.58. The molecule has 0 radical (unpaired) electrons. The van der Waals surface area contributed by atoms with Gasteiger partial charge in [0.25, 0.3) is 0 Å². The maximum absolute atomic E-state index is 13.5. The molecule has 1 aromatic heterocycles. The first-order valence-electron chi connectivity index (χ1n) is 11.4. The Bertz CT molecular complexity index is 1100. The number of ketones is 1. The van der Waals surface area contributed by atoms with E-state index < -0.39 is 0 Å². The summed E-state index contributed by atoms with van der Waals surface area (Å²) in [4.78, 5) is 21.4. The number of allylic oxidation sites excluding steroid dienone is 3. The number of carbonyl (C=O) groups excluding carboxylic acids is 1. The Labute approximate surface area is 190 Å². The molecule has 3 rings (SSSR count). The van der Waals surface area contributed by atoms with Crippen LogP contribution in [-0.2, 0) is 4.79 Å². The molecule has 2 aromatic carbocycles. The average molecular weight is 429 g/mol. The summed E-state index contributed by atoms with van der Waals surface area (Å²) in [7, 11) is 0. The lowest BCUT2D eigenvalue weighted by atomic mass is 9.91. The minimum Gasteiger partial charge on any atom is -0.506 e. The Balaban J connectivity index is 1.94. The fourth-order valence-corrected chi connectivity index (χ4v) is 3.70. The zero-order valence-corrected chi connectivity index (χ0v) is 19.0. The van der Waals surface area contributed by atoms with Gasteiger partial charge in [-0.05, 0) is 49.4 Å². The number of unbranched alkanes of at least 4 members (excludes halogenated alkanes) is 2. The number of hydrogen-bond donors (Lipinski definition) is 2. The van der Waals surface area contributed by atoms with Gasteiger partial charge in [-0.25, -0.2) is 4.98 Å². The van der Waals surface area contributed by atoms with Gasteiger partial charge in [0.1, 0.15) is 17.2 Å². The van der Waals surface area contributed by atoms with Gasteiger partial charge < -0.3 is 10.1 Å². The fourth-order valence-electron chi connectivity index (χ4n) is 3.70. The molecule has 0 fully saturated rings. The standard InChI is InChI=1S/C28H32N2O2/c1-4-6-7-8-9-10-14-20(3)26(31)25(27(32)22-16-13-15-21(5-2)19-22)28-29-23-17-11-12-18-24(23)30-28/h5,7-8,11-13,15-20,32H,2,4,6,9-10,14H2,1,3H3,(H,29,30)/b8-7-,27-25?. The highest BCUT2D eigenvalue weighted by molar-refractivity contribution is 6.27. The van der Waals surface area contributed by atoms with Crippen LogP contribution < -0.4 is 0 Å². The van der Waals surface area contributed by atoms with Crippen molar-refractivity contribution in [1.29, 1.82) is 0 Å². The van der Waals surface area contributed by atoms with Crippen LogP contribution in [0.1, 0.15) is 62.9 Å². The lowest BCUT2D eigenvalue weighted by molar-refractivity contribution is -0.117. The molecule has 166 valence electrons. The highest BCUT2D eigenvalue weighted by atomic mass is 16.3. The first-order chi connectivity index (χ1) is 15.5. The molecule has 1 atom stereocenters. The molecule has 0 spiro atoms. The molecule has 1 unspecified atom stereocenters. The van der Waals surface area contributed by atoms with Crippen molar-refractivity contribution < 1.29 is 9.90 Å². The van der Waals surface area contributed by atoms with Crippen LogP contribution in [-0.4, -0.2) is 20.9 Å². The van der Waals surface area contributed by atoms with E-state index in [0.717, 1.165) is 48.7 Å². The summed E-state index contributed by atoms with van der Waals surface area (Å²) in [6, 6.07) is 15.0. The monoisotopic (exact) mass is 428 g/mol. The zero-order chi connectivity index (χ0) is 22.9. The third-order valence-corrected chi connectivity index (χ3v) is 5.58. The molecule has 0 aliphatic carbocycles. The number of carbonyl (C=O) groups is 1. The summed E-state index contributed by atoms with van der Waals surface area (Å²) in [5.74, 6) is -0.00882. The molecule has 32 heavy (non-hydrogen) atoms. The van der Waals surface area contributed by atoms with Crippen LogP contribution in [0.15, 0.2) is 67.3 Å². The third kappa shape index (κ3) is 5.64. The molecular weight excluding hydrogens is 396 g/mol. The summed E-state index contributed by atoms with van der Waals surface area (Å²) >= 11 is 0. The van der Waals surface area contributed by atoms with Crippen molar-refractivity contribution in [3.63, 3.8) is 0 Å². The van der Waals surface area contributed by atoms with Crippen molar-refractivity contribution in [1.82, 2.24) is 9.97 Å². The normalized spacial score (nSPS) is 13.3. The zero-order valence-electron chi connectivity index (χ0n) is 19.0. The molecule has 1 heterocycles. The van der Waals surface area contributed by atoms with Crippen molar-refractivity contribution in [3.05, 3.63) is 84.2 Å². The molecule has 0 aliphatic heterocycles. The van der Waals surface area contributed by atoms with Crippen LogP contribution >= 0.6 is 0 Å². The molecule has 3 aromatic rings. The van der Waals surface area contributed by atoms with Gasteiger partial charge in [0.2, 0.25) is 0 Å². The maximum Gasteiger partial charge on any atom is 0.173 e. The highest BCUT2D eigenvalue weighted by Crippen LogP contribution is 2.29. The second-order valence-electron chi connectivity index (χ2n) is 8.11. The van der Waals surface area contributed by atoms with E-state index in [4.69, 9.17) is 0 Å². The predicted molar refractivity (Wildman–Crippen MR) is 134 cm³/mol. The molecular formula is C28H32N2O2. The lowest BCUT2D eigenvalue weighted by Crippen LogP contribution is -2.15. The largest absolute Gasteiger partial charge is 0.506 e. The number of benzene rings is 2. The van der Waals surface area contributed by atoms with Crippen LogP contribution in [0, 0.1) is 5.92 Å². The van der Waals surface area contributed by atoms with Gasteiger partial charge in [0.15, 0.2) is 5.78 Å². The number of nitrogens with one attached hydrogen (secondary N) is 1. The van der Waals surface area contributed by atoms with E-state index in [9.17, 15) is 9.90 Å². The Morgan fingerprint density at radius 1 is 1.16 bits per heavy atom. The van der Waals surface area contributed by atoms with Crippen LogP contribution in [0.25, 0.3) is 28.4 Å². The van der Waals surface area contributed by atoms with Gasteiger partial charge in [0.05, 0.1) is 11.0 Å². The van der Waals surface area contributed by atoms with Crippen LogP contribution in [0.4, 0.5) is 0 Å². The van der Waals surface area contributed by atoms with Crippen molar-refractivity contribution in [2.75, 3.05) is 0 Å². The summed E-state index contributed by atoms with van der Waals surface area (Å²) in [5.41, 5.74) is 3.26. The van der Waals surface area contributed by atoms with Crippen LogP contribution in [0.3, 0.4) is 0 Å². The molecule has 0 saturated carbocycles. The second kappa shape index (κ2) is 11.3. The van der Waals surface area contributed by atoms with E-state index in [0.29, 0.717) is 11.4 Å². The van der Waals surface area contributed by atoms with Gasteiger partial charge >= 0.3 is 0 Å². The molecule has 0 saturated heterocycles. The number of aliphatic hydroxyl groups is 1. The molecule has 2 N–H and O–H groups in total. The first kappa shape index (κ1) is 23.3. The summed E-state index contributed by atoms with van der Waals surface area (Å²) in [6.07, 6.45) is 11.0. The number of nitrogens with zero attached hydrogens (tertiary/aromatic N) is 1. The van der Waals surface area contributed by atoms with Gasteiger partial charge in [-0.15, -0.1) is 0 Å². The molecule has 0 amide bonds. The van der Waals surface area contributed by atoms with Crippen LogP contribution in [0.2, 0.25) is 0 Å². The minimum absolute atomic E-state index is 0.0625. The Morgan fingerprint density at radius 3 is 2.69 bits per heavy atom. The van der Waals surface area contributed by atoms with Gasteiger partial charge in [-0.1, -0.05) is 75.4 Å². The number of para-hydroxylation sites is 2. The summed E-state index contributed by atoms with van der Waals surface area (Å²) in [5, 5.41) is 11.2. The number of imidazole rings is 1. The number of Topliss-reactive ketones (excluding diaryl/α,β-unsaturated/α-hetero) is 1. The maximum atomic E-state index is 13.5. The number of aromatic nitrogens is 2. The lowest BCUT2D eigenvalue weighted by Gasteiger charge is -2.14. The Morgan fingerprint density at radius 2 is 1.94 bits per heavy atom. The van der Waals surface area contributed by atoms with E-state index in [1.54, 1.807) is 12.1 Å². The van der Waals surface area contributed by atoms with Gasteiger partial charge in [0, 0.05) is 11.5 Å². The fraction of sp³-hybridized carbons (Fsp3) is 0.286. The smallest absolute Gasteiger partial charge is 0.173 e. The van der Waals surface area contributed by atoms with E-state index in [-0.39, 0.29) is 23.0 Å². The summed E-state index contributed by atoms with van der Waals surface area (Å²) < 4.78 is 0.